The van der Waals surface area contributed by atoms with Gasteiger partial charge in [0.2, 0.25) is 0 Å². The van der Waals surface area contributed by atoms with Crippen LogP contribution in [0.2, 0.25) is 0 Å². The van der Waals surface area contributed by atoms with E-state index in [4.69, 9.17) is 14.6 Å². The quantitative estimate of drug-likeness (QED) is 0.624. The standard InChI is InChI=1S/C18H24N2O.CH2O2/c1-15-11-16(2)19-18(12-15)13-20(3)9-10-21-14-17-7-5-4-6-8-17;2-1-3/h4-8,11-12H,9-10,13-14H2,1-3H3;1H,(H,2,3). The first-order chi connectivity index (χ1) is 11.5. The summed E-state index contributed by atoms with van der Waals surface area (Å²) in [6.45, 7) is 7.08. The summed E-state index contributed by atoms with van der Waals surface area (Å²) in [5.74, 6) is 0. The van der Waals surface area contributed by atoms with Gasteiger partial charge >= 0.3 is 0 Å². The summed E-state index contributed by atoms with van der Waals surface area (Å²) in [4.78, 5) is 15.2. The summed E-state index contributed by atoms with van der Waals surface area (Å²) >= 11 is 0. The molecule has 0 radical (unpaired) electrons. The summed E-state index contributed by atoms with van der Waals surface area (Å²) in [5.41, 5.74) is 4.69. The van der Waals surface area contributed by atoms with Crippen molar-refractivity contribution in [3.05, 3.63) is 65.0 Å². The lowest BCUT2D eigenvalue weighted by Gasteiger charge is -2.16. The minimum absolute atomic E-state index is 0.250. The molecule has 1 heterocycles. The molecule has 1 aromatic heterocycles. The van der Waals surface area contributed by atoms with E-state index >= 15 is 0 Å². The highest BCUT2D eigenvalue weighted by Gasteiger charge is 2.03. The average Bonchev–Trinajstić information content (AvgIpc) is 2.52. The van der Waals surface area contributed by atoms with E-state index in [1.54, 1.807) is 0 Å². The number of aryl methyl sites for hydroxylation is 2. The summed E-state index contributed by atoms with van der Waals surface area (Å²) in [6, 6.07) is 14.5. The number of aromatic nitrogens is 1. The largest absolute Gasteiger partial charge is 0.483 e. The zero-order valence-electron chi connectivity index (χ0n) is 14.6. The fraction of sp³-hybridized carbons (Fsp3) is 0.368. The molecule has 0 bridgehead atoms. The van der Waals surface area contributed by atoms with Gasteiger partial charge in [-0.25, -0.2) is 0 Å². The second kappa shape index (κ2) is 11.3. The van der Waals surface area contributed by atoms with Crippen molar-refractivity contribution in [3.8, 4) is 0 Å². The summed E-state index contributed by atoms with van der Waals surface area (Å²) in [7, 11) is 2.10. The topological polar surface area (TPSA) is 62.7 Å². The lowest BCUT2D eigenvalue weighted by molar-refractivity contribution is -0.122. The molecule has 1 aromatic carbocycles. The molecule has 0 aliphatic carbocycles. The van der Waals surface area contributed by atoms with Gasteiger partial charge in [0.1, 0.15) is 0 Å². The molecule has 0 aliphatic heterocycles. The van der Waals surface area contributed by atoms with Crippen LogP contribution in [-0.2, 0) is 22.7 Å². The Labute approximate surface area is 143 Å². The molecular weight excluding hydrogens is 304 g/mol. The van der Waals surface area contributed by atoms with Gasteiger partial charge in [-0.3, -0.25) is 14.7 Å². The van der Waals surface area contributed by atoms with Crippen LogP contribution in [0.25, 0.3) is 0 Å². The van der Waals surface area contributed by atoms with Gasteiger partial charge in [0.15, 0.2) is 0 Å². The van der Waals surface area contributed by atoms with E-state index < -0.39 is 0 Å². The van der Waals surface area contributed by atoms with Crippen LogP contribution >= 0.6 is 0 Å². The highest BCUT2D eigenvalue weighted by Crippen LogP contribution is 2.06. The van der Waals surface area contributed by atoms with Crippen LogP contribution in [0.4, 0.5) is 0 Å². The van der Waals surface area contributed by atoms with Crippen LogP contribution in [0.15, 0.2) is 42.5 Å². The molecule has 0 amide bonds. The van der Waals surface area contributed by atoms with Gasteiger partial charge in [-0.15, -0.1) is 0 Å². The van der Waals surface area contributed by atoms with E-state index in [9.17, 15) is 0 Å². The number of hydrogen-bond donors (Lipinski definition) is 1. The van der Waals surface area contributed by atoms with Crippen molar-refractivity contribution in [2.24, 2.45) is 0 Å². The Balaban J connectivity index is 0.000000891. The van der Waals surface area contributed by atoms with E-state index in [1.165, 1.54) is 11.1 Å². The number of nitrogens with zero attached hydrogens (tertiary/aromatic N) is 2. The highest BCUT2D eigenvalue weighted by atomic mass is 16.5. The summed E-state index contributed by atoms with van der Waals surface area (Å²) in [5, 5.41) is 6.89. The Morgan fingerprint density at radius 3 is 2.50 bits per heavy atom. The maximum atomic E-state index is 8.36. The summed E-state index contributed by atoms with van der Waals surface area (Å²) < 4.78 is 5.71. The number of carbonyl (C=O) groups is 1. The van der Waals surface area contributed by atoms with Crippen molar-refractivity contribution in [1.82, 2.24) is 9.88 Å². The number of carboxylic acid groups (broad SMARTS) is 1. The third kappa shape index (κ3) is 8.41. The Morgan fingerprint density at radius 2 is 1.88 bits per heavy atom. The first kappa shape index (κ1) is 19.8. The maximum absolute atomic E-state index is 8.36. The SMILES string of the molecule is Cc1cc(C)nc(CN(C)CCOCc2ccccc2)c1.O=CO. The third-order valence-electron chi connectivity index (χ3n) is 3.31. The third-order valence-corrected chi connectivity index (χ3v) is 3.31. The minimum atomic E-state index is -0.250. The van der Waals surface area contributed by atoms with Gasteiger partial charge in [0.05, 0.1) is 18.9 Å². The lowest BCUT2D eigenvalue weighted by Crippen LogP contribution is -2.23. The van der Waals surface area contributed by atoms with Gasteiger partial charge < -0.3 is 9.84 Å². The Hall–Kier alpha value is -2.24. The second-order valence-corrected chi connectivity index (χ2v) is 5.66. The fourth-order valence-electron chi connectivity index (χ4n) is 2.35. The van der Waals surface area contributed by atoms with Crippen molar-refractivity contribution in [2.75, 3.05) is 20.2 Å². The molecule has 0 atom stereocenters. The number of benzene rings is 1. The Kier molecular flexibility index (Phi) is 9.34. The maximum Gasteiger partial charge on any atom is 0.290 e. The fourth-order valence-corrected chi connectivity index (χ4v) is 2.35. The molecule has 0 spiro atoms. The van der Waals surface area contributed by atoms with Crippen LogP contribution in [0, 0.1) is 13.8 Å². The van der Waals surface area contributed by atoms with Gasteiger partial charge in [0, 0.05) is 18.8 Å². The predicted octanol–water partition coefficient (Wildman–Crippen LogP) is 3.05. The van der Waals surface area contributed by atoms with Gasteiger partial charge in [-0.2, -0.15) is 0 Å². The second-order valence-electron chi connectivity index (χ2n) is 5.66. The molecule has 24 heavy (non-hydrogen) atoms. The zero-order valence-corrected chi connectivity index (χ0v) is 14.6. The number of ether oxygens (including phenoxy) is 1. The predicted molar refractivity (Wildman–Crippen MR) is 94.8 cm³/mol. The number of rotatable bonds is 7. The number of likely N-dealkylation sites (N-methyl/N-ethyl adjacent to an activating group) is 1. The molecule has 5 heteroatoms. The first-order valence-corrected chi connectivity index (χ1v) is 7.87. The monoisotopic (exact) mass is 330 g/mol. The van der Waals surface area contributed by atoms with Crippen molar-refractivity contribution < 1.29 is 14.6 Å². The van der Waals surface area contributed by atoms with E-state index in [-0.39, 0.29) is 6.47 Å². The Bertz CT molecular complexity index is 583. The summed E-state index contributed by atoms with van der Waals surface area (Å²) in [6.07, 6.45) is 0. The normalized spacial score (nSPS) is 10.2. The molecule has 0 fully saturated rings. The van der Waals surface area contributed by atoms with Crippen LogP contribution in [-0.4, -0.2) is 41.7 Å². The molecule has 0 unspecified atom stereocenters. The van der Waals surface area contributed by atoms with Crippen LogP contribution in [0.3, 0.4) is 0 Å². The first-order valence-electron chi connectivity index (χ1n) is 7.87. The number of hydrogen-bond acceptors (Lipinski definition) is 4. The van der Waals surface area contributed by atoms with E-state index in [2.05, 4.69) is 48.1 Å². The molecule has 5 nitrogen and oxygen atoms in total. The minimum Gasteiger partial charge on any atom is -0.483 e. The van der Waals surface area contributed by atoms with Crippen LogP contribution in [0.5, 0.6) is 0 Å². The molecule has 0 aliphatic rings. The molecule has 2 rings (SSSR count). The smallest absolute Gasteiger partial charge is 0.290 e. The van der Waals surface area contributed by atoms with Crippen molar-refractivity contribution >= 4 is 6.47 Å². The van der Waals surface area contributed by atoms with Gasteiger partial charge in [-0.1, -0.05) is 30.3 Å². The molecular formula is C19H26N2O3. The average molecular weight is 330 g/mol. The molecule has 130 valence electrons. The highest BCUT2D eigenvalue weighted by molar-refractivity contribution is 5.32. The van der Waals surface area contributed by atoms with E-state index in [0.717, 1.165) is 31.1 Å². The molecule has 2 aromatic rings. The molecule has 1 N–H and O–H groups in total. The van der Waals surface area contributed by atoms with Crippen LogP contribution in [0.1, 0.15) is 22.5 Å². The van der Waals surface area contributed by atoms with Crippen molar-refractivity contribution in [2.45, 2.75) is 27.0 Å². The van der Waals surface area contributed by atoms with Crippen molar-refractivity contribution in [3.63, 3.8) is 0 Å². The van der Waals surface area contributed by atoms with Crippen molar-refractivity contribution in [1.29, 1.82) is 0 Å². The number of pyridine rings is 1. The zero-order chi connectivity index (χ0) is 17.8. The van der Waals surface area contributed by atoms with E-state index in [0.29, 0.717) is 6.61 Å². The van der Waals surface area contributed by atoms with Gasteiger partial charge in [-0.05, 0) is 44.2 Å². The lowest BCUT2D eigenvalue weighted by atomic mass is 10.2. The van der Waals surface area contributed by atoms with E-state index in [1.807, 2.05) is 25.1 Å². The van der Waals surface area contributed by atoms with Gasteiger partial charge in [0.25, 0.3) is 6.47 Å². The molecule has 0 saturated heterocycles. The molecule has 0 saturated carbocycles. The Morgan fingerprint density at radius 1 is 1.21 bits per heavy atom. The van der Waals surface area contributed by atoms with Crippen LogP contribution < -0.4 is 0 Å².